The van der Waals surface area contributed by atoms with Crippen LogP contribution in [0.25, 0.3) is 0 Å². The summed E-state index contributed by atoms with van der Waals surface area (Å²) in [6.07, 6.45) is 4.27. The third-order valence-corrected chi connectivity index (χ3v) is 2.57. The van der Waals surface area contributed by atoms with Crippen LogP contribution in [0.3, 0.4) is 0 Å². The lowest BCUT2D eigenvalue weighted by Crippen LogP contribution is -2.29. The molecule has 12 heavy (non-hydrogen) atoms. The summed E-state index contributed by atoms with van der Waals surface area (Å²) in [6.45, 7) is 3.92. The summed E-state index contributed by atoms with van der Waals surface area (Å²) in [5.41, 5.74) is 0. The Morgan fingerprint density at radius 3 is 2.58 bits per heavy atom. The van der Waals surface area contributed by atoms with Crippen molar-refractivity contribution in [1.82, 2.24) is 5.32 Å². The third-order valence-electron chi connectivity index (χ3n) is 2.57. The van der Waals surface area contributed by atoms with Crippen molar-refractivity contribution >= 4 is 0 Å². The van der Waals surface area contributed by atoms with Gasteiger partial charge < -0.3 is 14.8 Å². The van der Waals surface area contributed by atoms with Gasteiger partial charge in [-0.1, -0.05) is 0 Å². The summed E-state index contributed by atoms with van der Waals surface area (Å²) >= 11 is 0. The molecule has 1 N–H and O–H groups in total. The van der Waals surface area contributed by atoms with Gasteiger partial charge in [-0.15, -0.1) is 0 Å². The molecule has 2 saturated heterocycles. The highest BCUT2D eigenvalue weighted by Crippen LogP contribution is 2.15. The molecule has 0 amide bonds. The summed E-state index contributed by atoms with van der Waals surface area (Å²) in [5.74, 6) is 0. The van der Waals surface area contributed by atoms with Gasteiger partial charge in [-0.05, 0) is 25.8 Å². The van der Waals surface area contributed by atoms with E-state index in [-0.39, 0.29) is 0 Å². The first-order valence-electron chi connectivity index (χ1n) is 4.89. The monoisotopic (exact) mass is 171 g/mol. The summed E-state index contributed by atoms with van der Waals surface area (Å²) < 4.78 is 11.2. The van der Waals surface area contributed by atoms with Crippen molar-refractivity contribution in [3.63, 3.8) is 0 Å². The van der Waals surface area contributed by atoms with E-state index >= 15 is 0 Å². The van der Waals surface area contributed by atoms with Crippen molar-refractivity contribution in [3.05, 3.63) is 0 Å². The lowest BCUT2D eigenvalue weighted by Gasteiger charge is -2.25. The topological polar surface area (TPSA) is 30.5 Å². The Labute approximate surface area is 73.4 Å². The van der Waals surface area contributed by atoms with Crippen LogP contribution in [-0.2, 0) is 9.47 Å². The molecule has 1 atom stereocenters. The van der Waals surface area contributed by atoms with E-state index in [1.54, 1.807) is 0 Å². The predicted molar refractivity (Wildman–Crippen MR) is 46.2 cm³/mol. The van der Waals surface area contributed by atoms with Crippen molar-refractivity contribution < 1.29 is 9.47 Å². The molecule has 0 aromatic carbocycles. The Morgan fingerprint density at radius 1 is 1.08 bits per heavy atom. The Kier molecular flexibility index (Phi) is 2.98. The molecule has 0 aromatic heterocycles. The van der Waals surface area contributed by atoms with E-state index in [1.165, 1.54) is 6.42 Å². The normalized spacial score (nSPS) is 32.5. The molecule has 2 heterocycles. The highest BCUT2D eigenvalue weighted by molar-refractivity contribution is 4.74. The molecule has 0 radical (unpaired) electrons. The Bertz CT molecular complexity index is 128. The van der Waals surface area contributed by atoms with Crippen molar-refractivity contribution in [2.24, 2.45) is 0 Å². The molecule has 0 aromatic rings. The minimum atomic E-state index is 0.462. The van der Waals surface area contributed by atoms with Crippen molar-refractivity contribution in [2.45, 2.75) is 31.5 Å². The fraction of sp³-hybridized carbons (Fsp3) is 1.00. The molecule has 0 saturated carbocycles. The van der Waals surface area contributed by atoms with Crippen molar-refractivity contribution in [1.29, 1.82) is 0 Å². The zero-order valence-corrected chi connectivity index (χ0v) is 7.42. The van der Waals surface area contributed by atoms with E-state index in [1.807, 2.05) is 0 Å². The van der Waals surface area contributed by atoms with Gasteiger partial charge in [0, 0.05) is 19.8 Å². The third kappa shape index (κ3) is 2.19. The SMILES string of the molecule is C1CC(OC2CCOCC2)CN1. The van der Waals surface area contributed by atoms with E-state index < -0.39 is 0 Å². The summed E-state index contributed by atoms with van der Waals surface area (Å²) in [6, 6.07) is 0. The Balaban J connectivity index is 1.69. The second-order valence-corrected chi connectivity index (χ2v) is 3.56. The maximum Gasteiger partial charge on any atom is 0.0715 e. The number of rotatable bonds is 2. The largest absolute Gasteiger partial charge is 0.381 e. The zero-order chi connectivity index (χ0) is 8.23. The van der Waals surface area contributed by atoms with Gasteiger partial charge in [-0.25, -0.2) is 0 Å². The molecule has 0 bridgehead atoms. The van der Waals surface area contributed by atoms with Crippen LogP contribution in [0.5, 0.6) is 0 Å². The molecule has 3 heteroatoms. The number of nitrogens with one attached hydrogen (secondary N) is 1. The van der Waals surface area contributed by atoms with Gasteiger partial charge in [-0.3, -0.25) is 0 Å². The van der Waals surface area contributed by atoms with Gasteiger partial charge in [0.2, 0.25) is 0 Å². The van der Waals surface area contributed by atoms with Gasteiger partial charge >= 0.3 is 0 Å². The Hall–Kier alpha value is -0.120. The zero-order valence-electron chi connectivity index (χ0n) is 7.42. The molecule has 3 nitrogen and oxygen atoms in total. The summed E-state index contributed by atoms with van der Waals surface area (Å²) in [5, 5.41) is 3.31. The van der Waals surface area contributed by atoms with Crippen LogP contribution in [0.4, 0.5) is 0 Å². The van der Waals surface area contributed by atoms with Crippen LogP contribution < -0.4 is 5.32 Å². The molecule has 0 spiro atoms. The van der Waals surface area contributed by atoms with Crippen LogP contribution in [0.1, 0.15) is 19.3 Å². The average Bonchev–Trinajstić information content (AvgIpc) is 2.59. The van der Waals surface area contributed by atoms with Gasteiger partial charge in [0.05, 0.1) is 12.2 Å². The van der Waals surface area contributed by atoms with Gasteiger partial charge in [0.1, 0.15) is 0 Å². The standard InChI is InChI=1S/C9H17NO2/c1-4-10-7-9(1)12-8-2-5-11-6-3-8/h8-10H,1-7H2. The van der Waals surface area contributed by atoms with E-state index in [0.717, 1.165) is 39.1 Å². The molecule has 70 valence electrons. The molecular weight excluding hydrogens is 154 g/mol. The van der Waals surface area contributed by atoms with Crippen LogP contribution in [0.15, 0.2) is 0 Å². The van der Waals surface area contributed by atoms with Crippen molar-refractivity contribution in [2.75, 3.05) is 26.3 Å². The highest BCUT2D eigenvalue weighted by atomic mass is 16.5. The quantitative estimate of drug-likeness (QED) is 0.658. The molecule has 2 fully saturated rings. The van der Waals surface area contributed by atoms with Crippen LogP contribution in [0.2, 0.25) is 0 Å². The maximum atomic E-state index is 5.91. The first-order chi connectivity index (χ1) is 5.95. The molecule has 2 rings (SSSR count). The smallest absolute Gasteiger partial charge is 0.0715 e. The summed E-state index contributed by atoms with van der Waals surface area (Å²) in [4.78, 5) is 0. The first-order valence-corrected chi connectivity index (χ1v) is 4.89. The average molecular weight is 171 g/mol. The fourth-order valence-electron chi connectivity index (χ4n) is 1.83. The second kappa shape index (κ2) is 4.21. The molecule has 1 unspecified atom stereocenters. The maximum absolute atomic E-state index is 5.91. The van der Waals surface area contributed by atoms with Crippen LogP contribution in [0, 0.1) is 0 Å². The molecule has 2 aliphatic heterocycles. The van der Waals surface area contributed by atoms with Crippen LogP contribution >= 0.6 is 0 Å². The number of hydrogen-bond donors (Lipinski definition) is 1. The Morgan fingerprint density at radius 2 is 1.92 bits per heavy atom. The lowest BCUT2D eigenvalue weighted by atomic mass is 10.1. The minimum Gasteiger partial charge on any atom is -0.381 e. The second-order valence-electron chi connectivity index (χ2n) is 3.56. The van der Waals surface area contributed by atoms with E-state index in [4.69, 9.17) is 9.47 Å². The van der Waals surface area contributed by atoms with Gasteiger partial charge in [0.15, 0.2) is 0 Å². The van der Waals surface area contributed by atoms with Gasteiger partial charge in [0.25, 0.3) is 0 Å². The summed E-state index contributed by atoms with van der Waals surface area (Å²) in [7, 11) is 0. The van der Waals surface area contributed by atoms with Gasteiger partial charge in [-0.2, -0.15) is 0 Å². The number of ether oxygens (including phenoxy) is 2. The molecule has 0 aliphatic carbocycles. The number of hydrogen-bond acceptors (Lipinski definition) is 3. The van der Waals surface area contributed by atoms with E-state index in [2.05, 4.69) is 5.32 Å². The first kappa shape index (κ1) is 8.48. The predicted octanol–water partition coefficient (Wildman–Crippen LogP) is 0.544. The fourth-order valence-corrected chi connectivity index (χ4v) is 1.83. The van der Waals surface area contributed by atoms with E-state index in [9.17, 15) is 0 Å². The van der Waals surface area contributed by atoms with E-state index in [0.29, 0.717) is 12.2 Å². The van der Waals surface area contributed by atoms with Crippen molar-refractivity contribution in [3.8, 4) is 0 Å². The van der Waals surface area contributed by atoms with Crippen LogP contribution in [-0.4, -0.2) is 38.5 Å². The molecular formula is C9H17NO2. The lowest BCUT2D eigenvalue weighted by molar-refractivity contribution is -0.0613. The molecule has 2 aliphatic rings. The minimum absolute atomic E-state index is 0.462. The highest BCUT2D eigenvalue weighted by Gasteiger charge is 2.21.